The first-order chi connectivity index (χ1) is 14.4. The van der Waals surface area contributed by atoms with Crippen LogP contribution in [-0.2, 0) is 17.8 Å². The zero-order chi connectivity index (χ0) is 21.7. The van der Waals surface area contributed by atoms with Crippen molar-refractivity contribution in [3.63, 3.8) is 0 Å². The molecule has 3 aromatic rings. The van der Waals surface area contributed by atoms with Crippen LogP contribution in [0.2, 0.25) is 0 Å². The highest BCUT2D eigenvalue weighted by atomic mass is 16.5. The molecule has 8 heteroatoms. The maximum absolute atomic E-state index is 12.7. The Morgan fingerprint density at radius 2 is 2.00 bits per heavy atom. The minimum Gasteiger partial charge on any atom is -0.496 e. The van der Waals surface area contributed by atoms with E-state index in [1.807, 2.05) is 51.1 Å². The summed E-state index contributed by atoms with van der Waals surface area (Å²) in [6.45, 7) is 6.15. The van der Waals surface area contributed by atoms with Gasteiger partial charge in [0.15, 0.2) is 0 Å². The predicted octanol–water partition coefficient (Wildman–Crippen LogP) is 3.05. The summed E-state index contributed by atoms with van der Waals surface area (Å²) >= 11 is 0. The van der Waals surface area contributed by atoms with E-state index in [1.165, 1.54) is 0 Å². The molecule has 1 aromatic carbocycles. The smallest absolute Gasteiger partial charge is 0.262 e. The molecule has 0 saturated heterocycles. The molecule has 0 aliphatic carbocycles. The fourth-order valence-electron chi connectivity index (χ4n) is 3.27. The van der Waals surface area contributed by atoms with Gasteiger partial charge in [-0.15, -0.1) is 0 Å². The number of amides is 1. The van der Waals surface area contributed by atoms with Crippen molar-refractivity contribution in [3.05, 3.63) is 63.9 Å². The summed E-state index contributed by atoms with van der Waals surface area (Å²) in [5.41, 5.74) is 1.99. The second-order valence-electron chi connectivity index (χ2n) is 7.26. The first kappa shape index (κ1) is 21.3. The fourth-order valence-corrected chi connectivity index (χ4v) is 3.27. The van der Waals surface area contributed by atoms with Gasteiger partial charge in [0.1, 0.15) is 5.75 Å². The van der Waals surface area contributed by atoms with Crippen molar-refractivity contribution in [2.24, 2.45) is 0 Å². The molecule has 0 aliphatic heterocycles. The number of aromatic nitrogens is 3. The average Bonchev–Trinajstić information content (AvgIpc) is 3.19. The maximum Gasteiger partial charge on any atom is 0.262 e. The molecule has 0 bridgehead atoms. The lowest BCUT2D eigenvalue weighted by atomic mass is 10.2. The number of aryl methyl sites for hydroxylation is 2. The van der Waals surface area contributed by atoms with Crippen molar-refractivity contribution in [2.45, 2.75) is 46.2 Å². The first-order valence-corrected chi connectivity index (χ1v) is 9.84. The van der Waals surface area contributed by atoms with E-state index in [0.29, 0.717) is 18.0 Å². The van der Waals surface area contributed by atoms with Gasteiger partial charge in [-0.1, -0.05) is 23.4 Å². The summed E-state index contributed by atoms with van der Waals surface area (Å²) < 4.78 is 12.2. The van der Waals surface area contributed by atoms with E-state index in [-0.39, 0.29) is 36.2 Å². The number of nitrogens with zero attached hydrogens (tertiary/aromatic N) is 3. The van der Waals surface area contributed by atoms with Gasteiger partial charge in [-0.05, 0) is 39.0 Å². The summed E-state index contributed by atoms with van der Waals surface area (Å²) in [5.74, 6) is 1.13. The van der Waals surface area contributed by atoms with E-state index < -0.39 is 0 Å². The molecule has 1 N–H and O–H groups in total. The largest absolute Gasteiger partial charge is 0.496 e. The third-order valence-corrected chi connectivity index (χ3v) is 4.78. The Bertz CT molecular complexity index is 1080. The molecule has 2 heterocycles. The normalized spacial score (nSPS) is 11.0. The van der Waals surface area contributed by atoms with Crippen molar-refractivity contribution >= 4 is 5.91 Å². The van der Waals surface area contributed by atoms with Crippen LogP contribution in [0.15, 0.2) is 45.7 Å². The molecule has 3 rings (SSSR count). The molecule has 0 aliphatic rings. The highest BCUT2D eigenvalue weighted by molar-refractivity contribution is 5.76. The molecule has 0 unspecified atom stereocenters. The molecule has 1 amide bonds. The number of hydrogen-bond donors (Lipinski definition) is 1. The number of ether oxygens (including phenoxy) is 1. The molecular formula is C22H26N4O4. The van der Waals surface area contributed by atoms with Crippen molar-refractivity contribution in [2.75, 3.05) is 7.11 Å². The lowest BCUT2D eigenvalue weighted by molar-refractivity contribution is -0.121. The molecule has 0 atom stereocenters. The van der Waals surface area contributed by atoms with Gasteiger partial charge in [0.25, 0.3) is 5.56 Å². The Morgan fingerprint density at radius 3 is 2.73 bits per heavy atom. The van der Waals surface area contributed by atoms with Crippen LogP contribution in [0.3, 0.4) is 0 Å². The number of carbonyl (C=O) groups is 1. The van der Waals surface area contributed by atoms with Gasteiger partial charge in [0.05, 0.1) is 12.7 Å². The Hall–Kier alpha value is -3.42. The summed E-state index contributed by atoms with van der Waals surface area (Å²) in [4.78, 5) is 29.2. The molecule has 8 nitrogen and oxygen atoms in total. The van der Waals surface area contributed by atoms with E-state index in [4.69, 9.17) is 9.26 Å². The van der Waals surface area contributed by atoms with E-state index in [2.05, 4.69) is 15.5 Å². The zero-order valence-corrected chi connectivity index (χ0v) is 17.6. The lowest BCUT2D eigenvalue weighted by Crippen LogP contribution is -2.25. The Kier molecular flexibility index (Phi) is 6.66. The Labute approximate surface area is 174 Å². The average molecular weight is 410 g/mol. The van der Waals surface area contributed by atoms with Crippen LogP contribution in [0, 0.1) is 6.92 Å². The maximum atomic E-state index is 12.7. The van der Waals surface area contributed by atoms with E-state index in [1.54, 1.807) is 17.7 Å². The fraction of sp³-hybridized carbons (Fsp3) is 0.364. The van der Waals surface area contributed by atoms with E-state index >= 15 is 0 Å². The highest BCUT2D eigenvalue weighted by Crippen LogP contribution is 2.17. The first-order valence-electron chi connectivity index (χ1n) is 9.84. The number of methoxy groups -OCH3 is 1. The van der Waals surface area contributed by atoms with Crippen LogP contribution in [0.5, 0.6) is 5.75 Å². The molecule has 0 spiro atoms. The second-order valence-corrected chi connectivity index (χ2v) is 7.26. The van der Waals surface area contributed by atoms with Crippen LogP contribution in [-0.4, -0.2) is 27.7 Å². The van der Waals surface area contributed by atoms with Crippen molar-refractivity contribution < 1.29 is 14.1 Å². The van der Waals surface area contributed by atoms with Crippen LogP contribution in [0.25, 0.3) is 11.4 Å². The SMILES string of the molecule is COc1ccccc1CNC(=O)CCc1nc(-c2ccc(C)n(C(C)C)c2=O)no1. The van der Waals surface area contributed by atoms with Gasteiger partial charge in [-0.25, -0.2) is 0 Å². The minimum absolute atomic E-state index is 0.0238. The monoisotopic (exact) mass is 410 g/mol. The van der Waals surface area contributed by atoms with Gasteiger partial charge in [-0.3, -0.25) is 9.59 Å². The third kappa shape index (κ3) is 4.76. The molecule has 0 saturated carbocycles. The van der Waals surface area contributed by atoms with Crippen molar-refractivity contribution in [3.8, 4) is 17.1 Å². The summed E-state index contributed by atoms with van der Waals surface area (Å²) in [5, 5.41) is 6.78. The van der Waals surface area contributed by atoms with Crippen molar-refractivity contribution in [1.82, 2.24) is 20.0 Å². The summed E-state index contributed by atoms with van der Waals surface area (Å²) in [6, 6.07) is 11.1. The number of carbonyl (C=O) groups excluding carboxylic acids is 1. The molecular weight excluding hydrogens is 384 g/mol. The minimum atomic E-state index is -0.160. The molecule has 0 fully saturated rings. The van der Waals surface area contributed by atoms with Gasteiger partial charge >= 0.3 is 0 Å². The number of nitrogens with one attached hydrogen (secondary N) is 1. The van der Waals surface area contributed by atoms with E-state index in [9.17, 15) is 9.59 Å². The number of para-hydroxylation sites is 1. The number of rotatable bonds is 8. The van der Waals surface area contributed by atoms with E-state index in [0.717, 1.165) is 17.0 Å². The van der Waals surface area contributed by atoms with Crippen LogP contribution >= 0.6 is 0 Å². The topological polar surface area (TPSA) is 99.2 Å². The molecule has 2 aromatic heterocycles. The number of pyridine rings is 1. The third-order valence-electron chi connectivity index (χ3n) is 4.78. The van der Waals surface area contributed by atoms with Crippen molar-refractivity contribution in [1.29, 1.82) is 0 Å². The Balaban J connectivity index is 1.62. The Morgan fingerprint density at radius 1 is 1.23 bits per heavy atom. The molecule has 30 heavy (non-hydrogen) atoms. The number of benzene rings is 1. The second kappa shape index (κ2) is 9.39. The molecule has 0 radical (unpaired) electrons. The summed E-state index contributed by atoms with van der Waals surface area (Å²) in [7, 11) is 1.60. The highest BCUT2D eigenvalue weighted by Gasteiger charge is 2.16. The van der Waals surface area contributed by atoms with Gasteiger partial charge < -0.3 is 19.1 Å². The lowest BCUT2D eigenvalue weighted by Gasteiger charge is -2.14. The quantitative estimate of drug-likeness (QED) is 0.613. The number of hydrogen-bond acceptors (Lipinski definition) is 6. The molecule has 158 valence electrons. The van der Waals surface area contributed by atoms with Gasteiger partial charge in [0, 0.05) is 36.7 Å². The summed E-state index contributed by atoms with van der Waals surface area (Å²) in [6.07, 6.45) is 0.482. The van der Waals surface area contributed by atoms with Gasteiger partial charge in [-0.2, -0.15) is 4.98 Å². The van der Waals surface area contributed by atoms with Crippen LogP contribution in [0.4, 0.5) is 0 Å². The van der Waals surface area contributed by atoms with Gasteiger partial charge in [0.2, 0.25) is 17.6 Å². The van der Waals surface area contributed by atoms with Crippen LogP contribution in [0.1, 0.15) is 43.5 Å². The van der Waals surface area contributed by atoms with Crippen LogP contribution < -0.4 is 15.6 Å². The predicted molar refractivity (Wildman–Crippen MR) is 112 cm³/mol. The standard InChI is InChI=1S/C22H26N4O4/c1-14(2)26-15(3)9-10-17(22(26)28)21-24-20(30-25-21)12-11-19(27)23-13-16-7-5-6-8-18(16)29-4/h5-10,14H,11-13H2,1-4H3,(H,23,27). The zero-order valence-electron chi connectivity index (χ0n) is 17.6.